The van der Waals surface area contributed by atoms with E-state index in [0.717, 1.165) is 23.4 Å². The van der Waals surface area contributed by atoms with Gasteiger partial charge in [0.1, 0.15) is 5.75 Å². The highest BCUT2D eigenvalue weighted by atomic mass is 16.5. The van der Waals surface area contributed by atoms with E-state index in [4.69, 9.17) is 4.74 Å². The molecule has 5 heteroatoms. The minimum atomic E-state index is -0.168. The van der Waals surface area contributed by atoms with Crippen molar-refractivity contribution < 1.29 is 14.3 Å². The van der Waals surface area contributed by atoms with E-state index in [9.17, 15) is 9.59 Å². The van der Waals surface area contributed by atoms with Gasteiger partial charge >= 0.3 is 0 Å². The van der Waals surface area contributed by atoms with Crippen LogP contribution in [0.2, 0.25) is 0 Å². The van der Waals surface area contributed by atoms with E-state index in [1.165, 1.54) is 0 Å². The molecule has 2 N–H and O–H groups in total. The zero-order valence-corrected chi connectivity index (χ0v) is 15.5. The monoisotopic (exact) mass is 354 g/mol. The first-order valence-electron chi connectivity index (χ1n) is 8.89. The van der Waals surface area contributed by atoms with Crippen LogP contribution in [0, 0.1) is 0 Å². The van der Waals surface area contributed by atoms with Gasteiger partial charge in [0.25, 0.3) is 5.91 Å². The highest BCUT2D eigenvalue weighted by Crippen LogP contribution is 2.17. The van der Waals surface area contributed by atoms with Crippen molar-refractivity contribution in [1.82, 2.24) is 5.32 Å². The van der Waals surface area contributed by atoms with E-state index in [2.05, 4.69) is 17.6 Å². The third-order valence-electron chi connectivity index (χ3n) is 4.16. The number of hydrogen-bond acceptors (Lipinski definition) is 3. The number of carbonyl (C=O) groups excluding carboxylic acids is 2. The third-order valence-corrected chi connectivity index (χ3v) is 4.16. The van der Waals surface area contributed by atoms with Crippen LogP contribution in [0.15, 0.2) is 48.5 Å². The lowest BCUT2D eigenvalue weighted by molar-refractivity contribution is -0.120. The van der Waals surface area contributed by atoms with Gasteiger partial charge in [0.2, 0.25) is 5.91 Å². The third kappa shape index (κ3) is 5.92. The molecule has 0 aliphatic rings. The standard InChI is InChI=1S/C21H26N2O3/c1-4-15(2)26-19-12-8-17(9-13-19)21(25)23-18-10-5-16(6-11-18)7-14-20(24)22-3/h5-6,8-13,15H,4,7,14H2,1-3H3,(H,22,24)(H,23,25). The molecule has 0 heterocycles. The maximum atomic E-state index is 12.3. The van der Waals surface area contributed by atoms with Crippen molar-refractivity contribution in [1.29, 1.82) is 0 Å². The number of nitrogens with one attached hydrogen (secondary N) is 2. The maximum absolute atomic E-state index is 12.3. The highest BCUT2D eigenvalue weighted by molar-refractivity contribution is 6.04. The van der Waals surface area contributed by atoms with Gasteiger partial charge in [-0.15, -0.1) is 0 Å². The number of ether oxygens (including phenoxy) is 1. The van der Waals surface area contributed by atoms with Crippen LogP contribution >= 0.6 is 0 Å². The largest absolute Gasteiger partial charge is 0.491 e. The Balaban J connectivity index is 1.91. The first-order valence-corrected chi connectivity index (χ1v) is 8.89. The summed E-state index contributed by atoms with van der Waals surface area (Å²) in [5.74, 6) is 0.609. The van der Waals surface area contributed by atoms with Crippen molar-refractivity contribution >= 4 is 17.5 Å². The zero-order chi connectivity index (χ0) is 18.9. The summed E-state index contributed by atoms with van der Waals surface area (Å²) in [5.41, 5.74) is 2.35. The summed E-state index contributed by atoms with van der Waals surface area (Å²) >= 11 is 0. The predicted molar refractivity (Wildman–Crippen MR) is 104 cm³/mol. The molecule has 0 fully saturated rings. The summed E-state index contributed by atoms with van der Waals surface area (Å²) in [7, 11) is 1.63. The normalized spacial score (nSPS) is 11.5. The number of aryl methyl sites for hydroxylation is 1. The molecule has 0 saturated carbocycles. The molecule has 0 bridgehead atoms. The van der Waals surface area contributed by atoms with Gasteiger partial charge in [-0.2, -0.15) is 0 Å². The van der Waals surface area contributed by atoms with Crippen LogP contribution in [-0.2, 0) is 11.2 Å². The average Bonchev–Trinajstić information content (AvgIpc) is 2.67. The van der Waals surface area contributed by atoms with Gasteiger partial charge in [0, 0.05) is 24.7 Å². The van der Waals surface area contributed by atoms with Crippen molar-refractivity contribution in [2.75, 3.05) is 12.4 Å². The lowest BCUT2D eigenvalue weighted by Gasteiger charge is -2.12. The Morgan fingerprint density at radius 2 is 1.69 bits per heavy atom. The maximum Gasteiger partial charge on any atom is 0.255 e. The smallest absolute Gasteiger partial charge is 0.255 e. The number of hydrogen-bond donors (Lipinski definition) is 2. The summed E-state index contributed by atoms with van der Waals surface area (Å²) in [6, 6.07) is 14.7. The minimum Gasteiger partial charge on any atom is -0.491 e. The molecule has 5 nitrogen and oxygen atoms in total. The first-order chi connectivity index (χ1) is 12.5. The fourth-order valence-electron chi connectivity index (χ4n) is 2.34. The van der Waals surface area contributed by atoms with Crippen LogP contribution in [0.1, 0.15) is 42.6 Å². The second-order valence-electron chi connectivity index (χ2n) is 6.19. The van der Waals surface area contributed by atoms with Gasteiger partial charge in [0.15, 0.2) is 0 Å². The molecule has 138 valence electrons. The number of rotatable bonds is 8. The van der Waals surface area contributed by atoms with Crippen molar-refractivity contribution in [2.45, 2.75) is 39.2 Å². The Morgan fingerprint density at radius 1 is 1.04 bits per heavy atom. The molecule has 2 rings (SSSR count). The molecule has 2 amide bonds. The van der Waals surface area contributed by atoms with Crippen LogP contribution in [0.5, 0.6) is 5.75 Å². The molecule has 0 spiro atoms. The molecule has 0 aliphatic heterocycles. The first kappa shape index (κ1) is 19.5. The Bertz CT molecular complexity index is 724. The van der Waals surface area contributed by atoms with Crippen LogP contribution in [0.4, 0.5) is 5.69 Å². The van der Waals surface area contributed by atoms with Crippen molar-refractivity contribution in [3.8, 4) is 5.75 Å². The van der Waals surface area contributed by atoms with Crippen molar-refractivity contribution in [3.05, 3.63) is 59.7 Å². The quantitative estimate of drug-likeness (QED) is 0.758. The molecular formula is C21H26N2O3. The fraction of sp³-hybridized carbons (Fsp3) is 0.333. The summed E-state index contributed by atoms with van der Waals surface area (Å²) in [5, 5.41) is 5.48. The molecule has 2 aromatic carbocycles. The van der Waals surface area contributed by atoms with E-state index in [-0.39, 0.29) is 17.9 Å². The summed E-state index contributed by atoms with van der Waals surface area (Å²) in [4.78, 5) is 23.6. The SMILES string of the molecule is CCC(C)Oc1ccc(C(=O)Nc2ccc(CCC(=O)NC)cc2)cc1. The highest BCUT2D eigenvalue weighted by Gasteiger charge is 2.08. The second-order valence-corrected chi connectivity index (χ2v) is 6.19. The Labute approximate surface area is 154 Å². The van der Waals surface area contributed by atoms with E-state index in [1.807, 2.05) is 43.3 Å². The Morgan fingerprint density at radius 3 is 2.27 bits per heavy atom. The van der Waals surface area contributed by atoms with E-state index in [1.54, 1.807) is 19.2 Å². The number of carbonyl (C=O) groups is 2. The predicted octanol–water partition coefficient (Wildman–Crippen LogP) is 3.79. The van der Waals surface area contributed by atoms with E-state index in [0.29, 0.717) is 18.4 Å². The van der Waals surface area contributed by atoms with E-state index >= 15 is 0 Å². The number of benzene rings is 2. The van der Waals surface area contributed by atoms with Crippen molar-refractivity contribution in [3.63, 3.8) is 0 Å². The van der Waals surface area contributed by atoms with Crippen molar-refractivity contribution in [2.24, 2.45) is 0 Å². The number of anilines is 1. The van der Waals surface area contributed by atoms with Crippen LogP contribution in [-0.4, -0.2) is 25.0 Å². The zero-order valence-electron chi connectivity index (χ0n) is 15.5. The lowest BCUT2D eigenvalue weighted by atomic mass is 10.1. The number of amides is 2. The van der Waals surface area contributed by atoms with E-state index < -0.39 is 0 Å². The molecule has 2 aromatic rings. The molecule has 0 saturated heterocycles. The topological polar surface area (TPSA) is 67.4 Å². The van der Waals surface area contributed by atoms with Gasteiger partial charge in [-0.1, -0.05) is 19.1 Å². The molecule has 0 aliphatic carbocycles. The summed E-state index contributed by atoms with van der Waals surface area (Å²) < 4.78 is 5.72. The van der Waals surface area contributed by atoms with Crippen LogP contribution in [0.25, 0.3) is 0 Å². The molecular weight excluding hydrogens is 328 g/mol. The summed E-state index contributed by atoms with van der Waals surface area (Å²) in [6.45, 7) is 4.08. The Kier molecular flexibility index (Phi) is 7.21. The van der Waals surface area contributed by atoms with Gasteiger partial charge in [-0.3, -0.25) is 9.59 Å². The molecule has 26 heavy (non-hydrogen) atoms. The summed E-state index contributed by atoms with van der Waals surface area (Å²) in [6.07, 6.45) is 2.21. The van der Waals surface area contributed by atoms with Crippen LogP contribution < -0.4 is 15.4 Å². The Hall–Kier alpha value is -2.82. The minimum absolute atomic E-state index is 0.0168. The fourth-order valence-corrected chi connectivity index (χ4v) is 2.34. The molecule has 0 radical (unpaired) electrons. The van der Waals surface area contributed by atoms with Gasteiger partial charge < -0.3 is 15.4 Å². The van der Waals surface area contributed by atoms with Gasteiger partial charge in [-0.05, 0) is 61.7 Å². The molecule has 1 atom stereocenters. The molecule has 0 aromatic heterocycles. The second kappa shape index (κ2) is 9.61. The van der Waals surface area contributed by atoms with Crippen LogP contribution in [0.3, 0.4) is 0 Å². The van der Waals surface area contributed by atoms with Gasteiger partial charge in [-0.25, -0.2) is 0 Å². The molecule has 1 unspecified atom stereocenters. The average molecular weight is 354 g/mol. The van der Waals surface area contributed by atoms with Gasteiger partial charge in [0.05, 0.1) is 6.10 Å². The lowest BCUT2D eigenvalue weighted by Crippen LogP contribution is -2.17.